The Labute approximate surface area is 104 Å². The van der Waals surface area contributed by atoms with Crippen LogP contribution in [0.15, 0.2) is 0 Å². The molecule has 0 aliphatic carbocycles. The van der Waals surface area contributed by atoms with Crippen molar-refractivity contribution in [1.29, 1.82) is 0 Å². The molecule has 0 radical (unpaired) electrons. The smallest absolute Gasteiger partial charge is 0.305 e. The highest BCUT2D eigenvalue weighted by Crippen LogP contribution is 2.36. The molecule has 100 valence electrons. The number of hydrogen-bond acceptors (Lipinski definition) is 3. The molecule has 4 heteroatoms. The number of nitrogens with zero attached hydrogens (tertiary/aromatic N) is 1. The summed E-state index contributed by atoms with van der Waals surface area (Å²) in [4.78, 5) is 13.4. The second-order valence-corrected chi connectivity index (χ2v) is 5.13. The van der Waals surface area contributed by atoms with Crippen molar-refractivity contribution in [2.75, 3.05) is 13.1 Å². The molecule has 0 aromatic rings. The Morgan fingerprint density at radius 1 is 1.29 bits per heavy atom. The van der Waals surface area contributed by atoms with Crippen LogP contribution in [0.3, 0.4) is 0 Å². The fourth-order valence-corrected chi connectivity index (χ4v) is 3.34. The van der Waals surface area contributed by atoms with Gasteiger partial charge in [0, 0.05) is 5.54 Å². The van der Waals surface area contributed by atoms with Gasteiger partial charge < -0.3 is 9.84 Å². The van der Waals surface area contributed by atoms with E-state index in [0.29, 0.717) is 0 Å². The molecule has 17 heavy (non-hydrogen) atoms. The van der Waals surface area contributed by atoms with Crippen molar-refractivity contribution >= 4 is 5.97 Å². The van der Waals surface area contributed by atoms with Crippen molar-refractivity contribution in [3.63, 3.8) is 0 Å². The Balaban J connectivity index is 2.94. The zero-order valence-electron chi connectivity index (χ0n) is 11.4. The minimum Gasteiger partial charge on any atom is -0.481 e. The molecule has 0 aromatic heterocycles. The average Bonchev–Trinajstić information content (AvgIpc) is 2.15. The summed E-state index contributed by atoms with van der Waals surface area (Å²) in [5.41, 5.74) is -0.230. The van der Waals surface area contributed by atoms with Crippen molar-refractivity contribution in [2.45, 2.75) is 64.7 Å². The Morgan fingerprint density at radius 3 is 2.12 bits per heavy atom. The SMILES string of the molecule is CCN(CC)C1(CC(=O)O)CC(C)OC(C)C1. The van der Waals surface area contributed by atoms with Crippen LogP contribution in [0, 0.1) is 0 Å². The molecule has 2 atom stereocenters. The van der Waals surface area contributed by atoms with Gasteiger partial charge in [0.2, 0.25) is 0 Å². The molecule has 0 spiro atoms. The van der Waals surface area contributed by atoms with E-state index in [1.165, 1.54) is 0 Å². The average molecular weight is 243 g/mol. The van der Waals surface area contributed by atoms with E-state index in [1.807, 2.05) is 13.8 Å². The summed E-state index contributed by atoms with van der Waals surface area (Å²) in [7, 11) is 0. The van der Waals surface area contributed by atoms with E-state index < -0.39 is 5.97 Å². The van der Waals surface area contributed by atoms with E-state index >= 15 is 0 Å². The maximum atomic E-state index is 11.2. The number of hydrogen-bond donors (Lipinski definition) is 1. The summed E-state index contributed by atoms with van der Waals surface area (Å²) in [5, 5.41) is 9.18. The van der Waals surface area contributed by atoms with E-state index in [4.69, 9.17) is 4.74 Å². The molecule has 1 fully saturated rings. The minimum atomic E-state index is -0.710. The van der Waals surface area contributed by atoms with Crippen LogP contribution in [0.5, 0.6) is 0 Å². The molecule has 2 unspecified atom stereocenters. The monoisotopic (exact) mass is 243 g/mol. The highest BCUT2D eigenvalue weighted by Gasteiger charge is 2.43. The zero-order valence-corrected chi connectivity index (χ0v) is 11.4. The lowest BCUT2D eigenvalue weighted by Crippen LogP contribution is -2.56. The summed E-state index contributed by atoms with van der Waals surface area (Å²) in [6.07, 6.45) is 2.11. The molecular weight excluding hydrogens is 218 g/mol. The standard InChI is InChI=1S/C13H25NO3/c1-5-14(6-2)13(9-12(15)16)7-10(3)17-11(4)8-13/h10-11H,5-9H2,1-4H3,(H,15,16). The maximum absolute atomic E-state index is 11.2. The Kier molecular flexibility index (Phi) is 4.95. The van der Waals surface area contributed by atoms with E-state index in [1.54, 1.807) is 0 Å². The van der Waals surface area contributed by atoms with Crippen LogP contribution in [0.1, 0.15) is 47.0 Å². The van der Waals surface area contributed by atoms with Gasteiger partial charge in [0.25, 0.3) is 0 Å². The van der Waals surface area contributed by atoms with Crippen molar-refractivity contribution < 1.29 is 14.6 Å². The van der Waals surface area contributed by atoms with Gasteiger partial charge >= 0.3 is 5.97 Å². The molecule has 1 rings (SSSR count). The first kappa shape index (κ1) is 14.5. The van der Waals surface area contributed by atoms with Gasteiger partial charge in [0.15, 0.2) is 0 Å². The van der Waals surface area contributed by atoms with Gasteiger partial charge in [0.05, 0.1) is 18.6 Å². The first-order valence-corrected chi connectivity index (χ1v) is 6.55. The predicted octanol–water partition coefficient (Wildman–Crippen LogP) is 2.13. The van der Waals surface area contributed by atoms with Crippen LogP contribution in [-0.4, -0.2) is 46.8 Å². The van der Waals surface area contributed by atoms with Crippen LogP contribution in [0.25, 0.3) is 0 Å². The molecule has 1 saturated heterocycles. The van der Waals surface area contributed by atoms with E-state index in [2.05, 4.69) is 18.7 Å². The van der Waals surface area contributed by atoms with Crippen molar-refractivity contribution in [1.82, 2.24) is 4.90 Å². The largest absolute Gasteiger partial charge is 0.481 e. The highest BCUT2D eigenvalue weighted by atomic mass is 16.5. The molecule has 1 N–H and O–H groups in total. The summed E-state index contributed by atoms with van der Waals surface area (Å²) in [6.45, 7) is 10.0. The minimum absolute atomic E-state index is 0.138. The topological polar surface area (TPSA) is 49.8 Å². The first-order valence-electron chi connectivity index (χ1n) is 6.55. The first-order chi connectivity index (χ1) is 7.93. The van der Waals surface area contributed by atoms with E-state index in [-0.39, 0.29) is 24.2 Å². The summed E-state index contributed by atoms with van der Waals surface area (Å²) in [6, 6.07) is 0. The number of aliphatic carboxylic acids is 1. The maximum Gasteiger partial charge on any atom is 0.305 e. The van der Waals surface area contributed by atoms with Crippen molar-refractivity contribution in [2.24, 2.45) is 0 Å². The Morgan fingerprint density at radius 2 is 1.76 bits per heavy atom. The summed E-state index contributed by atoms with van der Waals surface area (Å²) < 4.78 is 5.74. The van der Waals surface area contributed by atoms with Gasteiger partial charge in [-0.15, -0.1) is 0 Å². The van der Waals surface area contributed by atoms with Crippen LogP contribution in [0.2, 0.25) is 0 Å². The number of rotatable bonds is 5. The number of carboxylic acid groups (broad SMARTS) is 1. The van der Waals surface area contributed by atoms with Crippen molar-refractivity contribution in [3.05, 3.63) is 0 Å². The van der Waals surface area contributed by atoms with Gasteiger partial charge in [0.1, 0.15) is 0 Å². The van der Waals surface area contributed by atoms with Crippen molar-refractivity contribution in [3.8, 4) is 0 Å². The molecule has 0 saturated carbocycles. The normalized spacial score (nSPS) is 33.9. The predicted molar refractivity (Wildman–Crippen MR) is 67.1 cm³/mol. The molecule has 0 aromatic carbocycles. The third-order valence-electron chi connectivity index (χ3n) is 3.71. The molecule has 1 heterocycles. The van der Waals surface area contributed by atoms with Gasteiger partial charge in [-0.05, 0) is 39.8 Å². The second-order valence-electron chi connectivity index (χ2n) is 5.13. The third kappa shape index (κ3) is 3.42. The molecular formula is C13H25NO3. The van der Waals surface area contributed by atoms with Crippen LogP contribution < -0.4 is 0 Å². The highest BCUT2D eigenvalue weighted by molar-refractivity contribution is 5.68. The third-order valence-corrected chi connectivity index (χ3v) is 3.71. The van der Waals surface area contributed by atoms with Gasteiger partial charge in [-0.3, -0.25) is 9.69 Å². The Hall–Kier alpha value is -0.610. The number of ether oxygens (including phenoxy) is 1. The zero-order chi connectivity index (χ0) is 13.1. The van der Waals surface area contributed by atoms with Gasteiger partial charge in [-0.25, -0.2) is 0 Å². The fourth-order valence-electron chi connectivity index (χ4n) is 3.34. The molecule has 4 nitrogen and oxygen atoms in total. The molecule has 0 amide bonds. The van der Waals surface area contributed by atoms with Crippen LogP contribution >= 0.6 is 0 Å². The van der Waals surface area contributed by atoms with Crippen LogP contribution in [0.4, 0.5) is 0 Å². The number of carboxylic acids is 1. The molecule has 1 aliphatic rings. The summed E-state index contributed by atoms with van der Waals surface area (Å²) in [5.74, 6) is -0.710. The lowest BCUT2D eigenvalue weighted by Gasteiger charge is -2.48. The second kappa shape index (κ2) is 5.83. The fraction of sp³-hybridized carbons (Fsp3) is 0.923. The molecule has 1 aliphatic heterocycles. The van der Waals surface area contributed by atoms with Gasteiger partial charge in [-0.1, -0.05) is 13.8 Å². The Bertz CT molecular complexity index is 253. The summed E-state index contributed by atoms with van der Waals surface area (Å²) >= 11 is 0. The van der Waals surface area contributed by atoms with E-state index in [0.717, 1.165) is 25.9 Å². The quantitative estimate of drug-likeness (QED) is 0.803. The van der Waals surface area contributed by atoms with Crippen LogP contribution in [-0.2, 0) is 9.53 Å². The molecule has 0 bridgehead atoms. The lowest BCUT2D eigenvalue weighted by atomic mass is 9.79. The number of carbonyl (C=O) groups is 1. The van der Waals surface area contributed by atoms with Gasteiger partial charge in [-0.2, -0.15) is 0 Å². The lowest BCUT2D eigenvalue weighted by molar-refractivity contribution is -0.148. The van der Waals surface area contributed by atoms with E-state index in [9.17, 15) is 9.90 Å².